The van der Waals surface area contributed by atoms with Crippen molar-refractivity contribution in [2.45, 2.75) is 31.6 Å². The second-order valence-corrected chi connectivity index (χ2v) is 6.38. The average Bonchev–Trinajstić information content (AvgIpc) is 3.15. The van der Waals surface area contributed by atoms with Crippen LogP contribution < -0.4 is 15.4 Å². The van der Waals surface area contributed by atoms with Gasteiger partial charge in [0.1, 0.15) is 11.4 Å². The molecule has 27 heavy (non-hydrogen) atoms. The maximum Gasteiger partial charge on any atom is 0.422 e. The van der Waals surface area contributed by atoms with Gasteiger partial charge in [-0.25, -0.2) is 0 Å². The summed E-state index contributed by atoms with van der Waals surface area (Å²) in [5, 5.41) is 10.3. The average molecular weight is 382 g/mol. The molecule has 1 aliphatic heterocycles. The number of para-hydroxylation sites is 1. The highest BCUT2D eigenvalue weighted by Gasteiger charge is 2.28. The van der Waals surface area contributed by atoms with E-state index in [0.29, 0.717) is 5.56 Å². The van der Waals surface area contributed by atoms with Crippen molar-refractivity contribution in [3.63, 3.8) is 0 Å². The molecule has 2 aromatic rings. The minimum atomic E-state index is -4.42. The Kier molecular flexibility index (Phi) is 6.00. The number of alkyl halides is 3. The summed E-state index contributed by atoms with van der Waals surface area (Å²) in [7, 11) is 0. The number of carbonyl (C=O) groups is 1. The number of nitrogens with zero attached hydrogens (tertiary/aromatic N) is 2. The fraction of sp³-hybridized carbons (Fsp3) is 0.444. The number of ether oxygens (including phenoxy) is 1. The van der Waals surface area contributed by atoms with Crippen LogP contribution in [0.15, 0.2) is 36.5 Å². The lowest BCUT2D eigenvalue weighted by Crippen LogP contribution is -2.32. The Morgan fingerprint density at radius 3 is 2.89 bits per heavy atom. The van der Waals surface area contributed by atoms with Crippen molar-refractivity contribution in [1.82, 2.24) is 20.4 Å². The number of aromatic nitrogens is 2. The van der Waals surface area contributed by atoms with E-state index in [1.165, 1.54) is 6.07 Å². The number of benzene rings is 1. The molecule has 0 saturated carbocycles. The van der Waals surface area contributed by atoms with Crippen LogP contribution in [0.25, 0.3) is 0 Å². The van der Waals surface area contributed by atoms with Gasteiger partial charge in [-0.2, -0.15) is 18.3 Å². The van der Waals surface area contributed by atoms with E-state index < -0.39 is 12.8 Å². The van der Waals surface area contributed by atoms with Crippen molar-refractivity contribution >= 4 is 5.91 Å². The van der Waals surface area contributed by atoms with E-state index in [-0.39, 0.29) is 29.9 Å². The Bertz CT molecular complexity index is 770. The second-order valence-electron chi connectivity index (χ2n) is 6.38. The second kappa shape index (κ2) is 8.43. The largest absolute Gasteiger partial charge is 0.484 e. The van der Waals surface area contributed by atoms with E-state index in [2.05, 4.69) is 15.7 Å². The highest BCUT2D eigenvalue weighted by Crippen LogP contribution is 2.22. The molecule has 2 N–H and O–H groups in total. The number of carbonyl (C=O) groups excluding carboxylic acids is 1. The normalized spacial score (nSPS) is 17.5. The zero-order chi connectivity index (χ0) is 19.3. The molecular formula is C18H21F3N4O2. The lowest BCUT2D eigenvalue weighted by atomic mass is 10.1. The number of hydrogen-bond acceptors (Lipinski definition) is 4. The highest BCUT2D eigenvalue weighted by atomic mass is 19.4. The molecule has 1 aliphatic rings. The van der Waals surface area contributed by atoms with Crippen molar-refractivity contribution < 1.29 is 22.7 Å². The van der Waals surface area contributed by atoms with Gasteiger partial charge in [-0.3, -0.25) is 9.48 Å². The molecule has 6 nitrogen and oxygen atoms in total. The van der Waals surface area contributed by atoms with Crippen molar-refractivity contribution in [2.75, 3.05) is 19.7 Å². The van der Waals surface area contributed by atoms with Crippen LogP contribution in [0.1, 0.15) is 34.9 Å². The third-order valence-electron chi connectivity index (χ3n) is 4.29. The first-order chi connectivity index (χ1) is 12.9. The van der Waals surface area contributed by atoms with Gasteiger partial charge >= 0.3 is 6.18 Å². The molecule has 9 heteroatoms. The van der Waals surface area contributed by atoms with Gasteiger partial charge in [0.15, 0.2) is 6.61 Å². The molecule has 0 spiro atoms. The molecule has 1 saturated heterocycles. The van der Waals surface area contributed by atoms with Crippen LogP contribution in [0.3, 0.4) is 0 Å². The summed E-state index contributed by atoms with van der Waals surface area (Å²) >= 11 is 0. The van der Waals surface area contributed by atoms with E-state index in [0.717, 1.165) is 25.9 Å². The number of amides is 1. The SMILES string of the molecule is O=C(NCc1ccccc1OCC(F)(F)F)c1ccn(C2CCCNC2)n1. The number of halogens is 3. The molecular weight excluding hydrogens is 361 g/mol. The molecule has 3 rings (SSSR count). The molecule has 2 heterocycles. The molecule has 0 radical (unpaired) electrons. The first-order valence-corrected chi connectivity index (χ1v) is 8.74. The highest BCUT2D eigenvalue weighted by molar-refractivity contribution is 5.92. The maximum absolute atomic E-state index is 12.4. The fourth-order valence-electron chi connectivity index (χ4n) is 2.94. The Balaban J connectivity index is 1.58. The third-order valence-corrected chi connectivity index (χ3v) is 4.29. The number of nitrogens with one attached hydrogen (secondary N) is 2. The van der Waals surface area contributed by atoms with Gasteiger partial charge in [-0.1, -0.05) is 18.2 Å². The summed E-state index contributed by atoms with van der Waals surface area (Å²) in [6.45, 7) is 0.468. The first kappa shape index (κ1) is 19.2. The first-order valence-electron chi connectivity index (χ1n) is 8.74. The molecule has 146 valence electrons. The molecule has 1 aromatic carbocycles. The van der Waals surface area contributed by atoms with Gasteiger partial charge in [0.25, 0.3) is 5.91 Å². The Morgan fingerprint density at radius 1 is 1.33 bits per heavy atom. The summed E-state index contributed by atoms with van der Waals surface area (Å²) in [4.78, 5) is 12.3. The van der Waals surface area contributed by atoms with Gasteiger partial charge < -0.3 is 15.4 Å². The minimum absolute atomic E-state index is 0.0463. The topological polar surface area (TPSA) is 68.2 Å². The molecule has 1 amide bonds. The number of rotatable bonds is 6. The molecule has 0 aliphatic carbocycles. The van der Waals surface area contributed by atoms with E-state index >= 15 is 0 Å². The third kappa shape index (κ3) is 5.46. The lowest BCUT2D eigenvalue weighted by molar-refractivity contribution is -0.153. The molecule has 0 bridgehead atoms. The van der Waals surface area contributed by atoms with Gasteiger partial charge in [0.2, 0.25) is 0 Å². The van der Waals surface area contributed by atoms with Crippen LogP contribution in [0, 0.1) is 0 Å². The van der Waals surface area contributed by atoms with Crippen LogP contribution in [-0.2, 0) is 6.54 Å². The smallest absolute Gasteiger partial charge is 0.422 e. The van der Waals surface area contributed by atoms with E-state index in [9.17, 15) is 18.0 Å². The van der Waals surface area contributed by atoms with Crippen molar-refractivity contribution in [1.29, 1.82) is 0 Å². The van der Waals surface area contributed by atoms with Crippen LogP contribution >= 0.6 is 0 Å². The van der Waals surface area contributed by atoms with E-state index in [4.69, 9.17) is 4.74 Å². The molecule has 1 aromatic heterocycles. The predicted molar refractivity (Wildman–Crippen MR) is 92.5 cm³/mol. The molecule has 1 fully saturated rings. The van der Waals surface area contributed by atoms with Crippen LogP contribution in [0.2, 0.25) is 0 Å². The van der Waals surface area contributed by atoms with Crippen LogP contribution in [0.4, 0.5) is 13.2 Å². The predicted octanol–water partition coefficient (Wildman–Crippen LogP) is 2.68. The van der Waals surface area contributed by atoms with Crippen LogP contribution in [0.5, 0.6) is 5.75 Å². The summed E-state index contributed by atoms with van der Waals surface area (Å²) in [6, 6.07) is 8.16. The van der Waals surface area contributed by atoms with E-state index in [1.807, 2.05) is 0 Å². The number of piperidine rings is 1. The molecule has 1 atom stereocenters. The van der Waals surface area contributed by atoms with Gasteiger partial charge in [0.05, 0.1) is 6.04 Å². The summed E-state index contributed by atoms with van der Waals surface area (Å²) < 4.78 is 43.7. The number of hydrogen-bond donors (Lipinski definition) is 2. The Hall–Kier alpha value is -2.55. The minimum Gasteiger partial charge on any atom is -0.484 e. The van der Waals surface area contributed by atoms with Gasteiger partial charge in [-0.05, 0) is 31.5 Å². The summed E-state index contributed by atoms with van der Waals surface area (Å²) in [6.07, 6.45) is -0.593. The quantitative estimate of drug-likeness (QED) is 0.806. The summed E-state index contributed by atoms with van der Waals surface area (Å²) in [5.41, 5.74) is 0.736. The maximum atomic E-state index is 12.4. The van der Waals surface area contributed by atoms with Crippen molar-refractivity contribution in [3.8, 4) is 5.75 Å². The monoisotopic (exact) mass is 382 g/mol. The standard InChI is InChI=1S/C18H21F3N4O2/c19-18(20,21)12-27-16-6-2-1-4-13(16)10-23-17(26)15-7-9-25(24-15)14-5-3-8-22-11-14/h1-2,4,6-7,9,14,22H,3,5,8,10-12H2,(H,23,26). The van der Waals surface area contributed by atoms with Crippen LogP contribution in [-0.4, -0.2) is 41.6 Å². The van der Waals surface area contributed by atoms with Gasteiger partial charge in [-0.15, -0.1) is 0 Å². The Morgan fingerprint density at radius 2 is 2.15 bits per heavy atom. The zero-order valence-corrected chi connectivity index (χ0v) is 14.6. The van der Waals surface area contributed by atoms with E-state index in [1.54, 1.807) is 35.1 Å². The Labute approximate surface area is 154 Å². The van der Waals surface area contributed by atoms with Crippen molar-refractivity contribution in [2.24, 2.45) is 0 Å². The van der Waals surface area contributed by atoms with Gasteiger partial charge in [0, 0.05) is 24.8 Å². The lowest BCUT2D eigenvalue weighted by Gasteiger charge is -2.22. The summed E-state index contributed by atoms with van der Waals surface area (Å²) in [5.74, 6) is -0.294. The fourth-order valence-corrected chi connectivity index (χ4v) is 2.94. The zero-order valence-electron chi connectivity index (χ0n) is 14.6. The molecule has 1 unspecified atom stereocenters. The van der Waals surface area contributed by atoms with Crippen molar-refractivity contribution in [3.05, 3.63) is 47.8 Å².